The third-order valence-corrected chi connectivity index (χ3v) is 5.89. The molecule has 29 heavy (non-hydrogen) atoms. The second kappa shape index (κ2) is 9.29. The van der Waals surface area contributed by atoms with E-state index in [9.17, 15) is 0 Å². The Hall–Kier alpha value is -2.57. The molecule has 3 aromatic rings. The molecule has 0 amide bonds. The van der Waals surface area contributed by atoms with Crippen LogP contribution in [0.3, 0.4) is 0 Å². The normalized spacial score (nSPS) is 14.3. The fourth-order valence-corrected chi connectivity index (χ4v) is 3.82. The molecule has 1 saturated carbocycles. The van der Waals surface area contributed by atoms with E-state index < -0.39 is 0 Å². The van der Waals surface area contributed by atoms with Gasteiger partial charge < -0.3 is 15.1 Å². The minimum Gasteiger partial charge on any atom is -0.384 e. The van der Waals surface area contributed by atoms with Crippen molar-refractivity contribution in [1.29, 1.82) is 5.41 Å². The largest absolute Gasteiger partial charge is 0.384 e. The molecule has 2 heterocycles. The topological polar surface area (TPSA) is 65.2 Å². The van der Waals surface area contributed by atoms with Crippen LogP contribution in [0.5, 0.6) is 0 Å². The lowest BCUT2D eigenvalue weighted by Gasteiger charge is -2.06. The maximum Gasteiger partial charge on any atom is 0.137 e. The number of aromatic nitrogens is 2. The second-order valence-electron chi connectivity index (χ2n) is 7.54. The highest BCUT2D eigenvalue weighted by Crippen LogP contribution is 2.39. The molecule has 6 heteroatoms. The van der Waals surface area contributed by atoms with E-state index in [2.05, 4.69) is 75.1 Å². The molecule has 3 N–H and O–H groups in total. The summed E-state index contributed by atoms with van der Waals surface area (Å²) in [6, 6.07) is 12.9. The summed E-state index contributed by atoms with van der Waals surface area (Å²) in [5.74, 6) is 0.747. The zero-order chi connectivity index (χ0) is 20.1. The summed E-state index contributed by atoms with van der Waals surface area (Å²) >= 11 is 1.48. The van der Waals surface area contributed by atoms with Crippen LogP contribution in [0.2, 0.25) is 0 Å². The number of allylic oxidation sites excluding steroid dienone is 1. The van der Waals surface area contributed by atoms with E-state index in [1.54, 1.807) is 0 Å². The average molecular weight is 406 g/mol. The van der Waals surface area contributed by atoms with Crippen LogP contribution < -0.4 is 10.0 Å². The molecule has 0 spiro atoms. The maximum absolute atomic E-state index is 7.61. The Labute approximate surface area is 176 Å². The van der Waals surface area contributed by atoms with Crippen LogP contribution in [0.1, 0.15) is 41.1 Å². The van der Waals surface area contributed by atoms with Gasteiger partial charge in [-0.25, -0.2) is 4.98 Å². The number of hydrogen-bond acceptors (Lipinski definition) is 5. The predicted octanol–water partition coefficient (Wildman–Crippen LogP) is 4.58. The fourth-order valence-electron chi connectivity index (χ4n) is 3.25. The monoisotopic (exact) mass is 405 g/mol. The molecule has 4 rings (SSSR count). The summed E-state index contributed by atoms with van der Waals surface area (Å²) < 4.78 is 5.45. The number of rotatable bonds is 10. The Morgan fingerprint density at radius 1 is 1.21 bits per heavy atom. The number of benzene rings is 1. The molecule has 0 aliphatic heterocycles. The first-order chi connectivity index (χ1) is 14.2. The molecule has 1 aliphatic carbocycles. The zero-order valence-corrected chi connectivity index (χ0v) is 17.5. The summed E-state index contributed by atoms with van der Waals surface area (Å²) in [6.45, 7) is 3.60. The van der Waals surface area contributed by atoms with Crippen LogP contribution >= 0.6 is 11.9 Å². The lowest BCUT2D eigenvalue weighted by Crippen LogP contribution is -2.11. The van der Waals surface area contributed by atoms with E-state index in [1.165, 1.54) is 47.7 Å². The molecule has 0 bridgehead atoms. The van der Waals surface area contributed by atoms with Crippen LogP contribution in [0.15, 0.2) is 59.9 Å². The number of nitrogens with one attached hydrogen (secondary N) is 3. The van der Waals surface area contributed by atoms with Crippen LogP contribution in [-0.2, 0) is 13.0 Å². The SMILES string of the molecule is Cc1ccc(CCNS/C(C=N)=C/NCc2cn3cc(C4CC4)ccc3n2)cc1. The van der Waals surface area contributed by atoms with Gasteiger partial charge in [-0.15, -0.1) is 0 Å². The van der Waals surface area contributed by atoms with Crippen molar-refractivity contribution in [1.82, 2.24) is 19.4 Å². The van der Waals surface area contributed by atoms with Crippen molar-refractivity contribution in [3.63, 3.8) is 0 Å². The standard InChI is InChI=1S/C23H27N5S/c1-17-2-4-18(5-3-17)10-11-26-29-22(12-24)14-25-13-21-16-28-15-20(19-6-7-19)8-9-23(28)27-21/h2-5,8-9,12,14-16,19,24-26H,6-7,10-11,13H2,1H3/b22-14+,24-12?. The van der Waals surface area contributed by atoms with E-state index >= 15 is 0 Å². The van der Waals surface area contributed by atoms with Crippen molar-refractivity contribution in [2.24, 2.45) is 0 Å². The predicted molar refractivity (Wildman–Crippen MR) is 121 cm³/mol. The Morgan fingerprint density at radius 2 is 2.03 bits per heavy atom. The number of aryl methyl sites for hydroxylation is 1. The summed E-state index contributed by atoms with van der Waals surface area (Å²) in [5, 5.41) is 10.9. The molecule has 5 nitrogen and oxygen atoms in total. The quantitative estimate of drug-likeness (QED) is 0.262. The number of fused-ring (bicyclic) bond motifs is 1. The van der Waals surface area contributed by atoms with Gasteiger partial charge in [0, 0.05) is 31.4 Å². The number of pyridine rings is 1. The van der Waals surface area contributed by atoms with Gasteiger partial charge in [-0.2, -0.15) is 0 Å². The van der Waals surface area contributed by atoms with Crippen LogP contribution in [0, 0.1) is 12.3 Å². The lowest BCUT2D eigenvalue weighted by atomic mass is 10.1. The molecular formula is C23H27N5S. The zero-order valence-electron chi connectivity index (χ0n) is 16.7. The molecule has 0 atom stereocenters. The van der Waals surface area contributed by atoms with Gasteiger partial charge in [0.1, 0.15) is 5.65 Å². The number of hydrogen-bond donors (Lipinski definition) is 3. The Morgan fingerprint density at radius 3 is 2.79 bits per heavy atom. The van der Waals surface area contributed by atoms with Gasteiger partial charge in [-0.1, -0.05) is 35.9 Å². The van der Waals surface area contributed by atoms with E-state index in [0.717, 1.165) is 35.1 Å². The van der Waals surface area contributed by atoms with Gasteiger partial charge in [0.05, 0.1) is 17.1 Å². The first kappa shape index (κ1) is 19.7. The molecule has 2 aromatic heterocycles. The van der Waals surface area contributed by atoms with Gasteiger partial charge in [-0.05, 0) is 61.2 Å². The molecule has 0 radical (unpaired) electrons. The van der Waals surface area contributed by atoms with E-state index in [-0.39, 0.29) is 0 Å². The summed E-state index contributed by atoms with van der Waals surface area (Å²) in [7, 11) is 0. The number of imidazole rings is 1. The van der Waals surface area contributed by atoms with Crippen molar-refractivity contribution in [3.8, 4) is 0 Å². The molecule has 150 valence electrons. The van der Waals surface area contributed by atoms with Gasteiger partial charge in [-0.3, -0.25) is 4.72 Å². The smallest absolute Gasteiger partial charge is 0.137 e. The Bertz CT molecular complexity index is 1000. The lowest BCUT2D eigenvalue weighted by molar-refractivity contribution is 0.844. The van der Waals surface area contributed by atoms with Gasteiger partial charge in [0.25, 0.3) is 0 Å². The summed E-state index contributed by atoms with van der Waals surface area (Å²) in [6.07, 6.45) is 11.1. The van der Waals surface area contributed by atoms with Crippen LogP contribution in [-0.4, -0.2) is 22.1 Å². The Balaban J connectivity index is 1.24. The number of nitrogens with zero attached hydrogens (tertiary/aromatic N) is 2. The third kappa shape index (κ3) is 5.49. The minimum absolute atomic E-state index is 0.641. The first-order valence-electron chi connectivity index (χ1n) is 10.1. The maximum atomic E-state index is 7.61. The molecule has 0 saturated heterocycles. The highest BCUT2D eigenvalue weighted by molar-refractivity contribution is 8.02. The second-order valence-corrected chi connectivity index (χ2v) is 8.50. The summed E-state index contributed by atoms with van der Waals surface area (Å²) in [5.41, 5.74) is 5.99. The average Bonchev–Trinajstić information content (AvgIpc) is 3.50. The van der Waals surface area contributed by atoms with Crippen LogP contribution in [0.25, 0.3) is 5.65 Å². The highest BCUT2D eigenvalue weighted by atomic mass is 32.2. The van der Waals surface area contributed by atoms with Crippen LogP contribution in [0.4, 0.5) is 0 Å². The van der Waals surface area contributed by atoms with E-state index in [1.807, 2.05) is 6.20 Å². The molecular weight excluding hydrogens is 378 g/mol. The molecule has 1 aliphatic rings. The van der Waals surface area contributed by atoms with E-state index in [0.29, 0.717) is 6.54 Å². The van der Waals surface area contributed by atoms with Crippen molar-refractivity contribution in [2.45, 2.75) is 38.6 Å². The fraction of sp³-hybridized carbons (Fsp3) is 0.304. The van der Waals surface area contributed by atoms with Crippen molar-refractivity contribution in [3.05, 3.63) is 82.3 Å². The van der Waals surface area contributed by atoms with Crippen molar-refractivity contribution < 1.29 is 0 Å². The van der Waals surface area contributed by atoms with Crippen molar-refractivity contribution >= 4 is 23.8 Å². The van der Waals surface area contributed by atoms with Gasteiger partial charge in [0.2, 0.25) is 0 Å². The molecule has 0 unspecified atom stereocenters. The van der Waals surface area contributed by atoms with Gasteiger partial charge in [0.15, 0.2) is 0 Å². The van der Waals surface area contributed by atoms with E-state index in [4.69, 9.17) is 5.41 Å². The molecule has 1 aromatic carbocycles. The Kier molecular flexibility index (Phi) is 6.32. The first-order valence-corrected chi connectivity index (χ1v) is 10.9. The molecule has 1 fully saturated rings. The minimum atomic E-state index is 0.641. The van der Waals surface area contributed by atoms with Crippen molar-refractivity contribution in [2.75, 3.05) is 6.54 Å². The summed E-state index contributed by atoms with van der Waals surface area (Å²) in [4.78, 5) is 5.50. The highest BCUT2D eigenvalue weighted by Gasteiger charge is 2.23. The third-order valence-electron chi connectivity index (χ3n) is 5.07. The van der Waals surface area contributed by atoms with Gasteiger partial charge >= 0.3 is 0 Å².